The van der Waals surface area contributed by atoms with Crippen LogP contribution in [0.25, 0.3) is 0 Å². The highest BCUT2D eigenvalue weighted by Gasteiger charge is 2.43. The smallest absolute Gasteiger partial charge is 0.0206 e. The highest BCUT2D eigenvalue weighted by Crippen LogP contribution is 2.53. The van der Waals surface area contributed by atoms with Gasteiger partial charge in [-0.15, -0.1) is 0 Å². The molecule has 0 saturated heterocycles. The highest BCUT2D eigenvalue weighted by atomic mass is 14.5. The van der Waals surface area contributed by atoms with Gasteiger partial charge in [-0.3, -0.25) is 0 Å². The Balaban J connectivity index is 2.62. The maximum absolute atomic E-state index is 4.23. The number of hydrogen-bond donors (Lipinski definition) is 0. The lowest BCUT2D eigenvalue weighted by molar-refractivity contribution is 0.00309. The average Bonchev–Trinajstić information content (AvgIpc) is 2.51. The lowest BCUT2D eigenvalue weighted by Crippen LogP contribution is -2.41. The van der Waals surface area contributed by atoms with Crippen molar-refractivity contribution >= 4 is 0 Å². The first-order valence-electron chi connectivity index (χ1n) is 9.57. The zero-order valence-electron chi connectivity index (χ0n) is 16.5. The number of hydrogen-bond acceptors (Lipinski definition) is 0. The molecule has 23 heavy (non-hydrogen) atoms. The van der Waals surface area contributed by atoms with Crippen LogP contribution >= 0.6 is 0 Å². The largest absolute Gasteiger partial charge is 0.0999 e. The summed E-state index contributed by atoms with van der Waals surface area (Å²) in [5.41, 5.74) is 3.34. The molecule has 0 heteroatoms. The normalized spacial score (nSPS) is 22.7. The molecule has 0 heterocycles. The van der Waals surface area contributed by atoms with Crippen LogP contribution in [0.3, 0.4) is 0 Å². The van der Waals surface area contributed by atoms with Crippen LogP contribution in [0.5, 0.6) is 0 Å². The average molecular weight is 317 g/mol. The minimum atomic E-state index is 0.379. The Hall–Kier alpha value is -0.780. The fourth-order valence-electron chi connectivity index (χ4n) is 4.19. The summed E-state index contributed by atoms with van der Waals surface area (Å²) in [6.45, 7) is 24.3. The standard InChI is InChI=1S/C23H40/c1-9-19(4)13-10-11-16-22(5,6)23(7,8)21-15-12-14-20(17-21)18(2)3/h9,20-21H,1-2,4,10-17H2,3,5-8H3. The van der Waals surface area contributed by atoms with Crippen molar-refractivity contribution in [3.8, 4) is 0 Å². The topological polar surface area (TPSA) is 0 Å². The van der Waals surface area contributed by atoms with Gasteiger partial charge in [0.2, 0.25) is 0 Å². The minimum absolute atomic E-state index is 0.379. The van der Waals surface area contributed by atoms with Crippen molar-refractivity contribution in [2.24, 2.45) is 22.7 Å². The molecule has 0 aromatic heterocycles. The van der Waals surface area contributed by atoms with Crippen LogP contribution in [-0.2, 0) is 0 Å². The van der Waals surface area contributed by atoms with Crippen molar-refractivity contribution < 1.29 is 0 Å². The van der Waals surface area contributed by atoms with Gasteiger partial charge in [0.1, 0.15) is 0 Å². The molecule has 1 rings (SSSR count). The molecule has 1 aliphatic rings. The number of rotatable bonds is 9. The SMILES string of the molecule is C=CC(=C)CCCCC(C)(C)C(C)(C)C1CCCC(C(=C)C)C1. The summed E-state index contributed by atoms with van der Waals surface area (Å²) in [6.07, 6.45) is 12.3. The van der Waals surface area contributed by atoms with Crippen LogP contribution < -0.4 is 0 Å². The molecule has 0 radical (unpaired) electrons. The molecule has 0 aromatic rings. The first-order chi connectivity index (χ1) is 10.6. The first kappa shape index (κ1) is 20.3. The van der Waals surface area contributed by atoms with E-state index in [9.17, 15) is 0 Å². The van der Waals surface area contributed by atoms with Gasteiger partial charge in [0.05, 0.1) is 0 Å². The molecule has 0 amide bonds. The molecular weight excluding hydrogens is 276 g/mol. The molecule has 0 nitrogen and oxygen atoms in total. The summed E-state index contributed by atoms with van der Waals surface area (Å²) >= 11 is 0. The zero-order valence-corrected chi connectivity index (χ0v) is 16.5. The third-order valence-corrected chi connectivity index (χ3v) is 6.97. The fourth-order valence-corrected chi connectivity index (χ4v) is 4.19. The maximum Gasteiger partial charge on any atom is -0.0206 e. The first-order valence-corrected chi connectivity index (χ1v) is 9.57. The zero-order chi connectivity index (χ0) is 17.7. The van der Waals surface area contributed by atoms with Crippen molar-refractivity contribution in [1.82, 2.24) is 0 Å². The van der Waals surface area contributed by atoms with E-state index in [-0.39, 0.29) is 0 Å². The van der Waals surface area contributed by atoms with E-state index in [4.69, 9.17) is 0 Å². The van der Waals surface area contributed by atoms with E-state index >= 15 is 0 Å². The summed E-state index contributed by atoms with van der Waals surface area (Å²) in [5.74, 6) is 1.58. The molecule has 1 fully saturated rings. The number of unbranched alkanes of at least 4 members (excludes halogenated alkanes) is 1. The van der Waals surface area contributed by atoms with Crippen molar-refractivity contribution in [2.45, 2.75) is 86.0 Å². The van der Waals surface area contributed by atoms with Crippen LogP contribution in [0.4, 0.5) is 0 Å². The molecule has 0 bridgehead atoms. The molecule has 1 saturated carbocycles. The van der Waals surface area contributed by atoms with Crippen molar-refractivity contribution in [3.05, 3.63) is 37.0 Å². The Bertz CT molecular complexity index is 421. The molecule has 2 unspecified atom stereocenters. The van der Waals surface area contributed by atoms with Crippen molar-refractivity contribution in [2.75, 3.05) is 0 Å². The second kappa shape index (κ2) is 8.36. The summed E-state index contributed by atoms with van der Waals surface area (Å²) in [4.78, 5) is 0. The van der Waals surface area contributed by atoms with E-state index in [0.717, 1.165) is 18.3 Å². The van der Waals surface area contributed by atoms with Gasteiger partial charge >= 0.3 is 0 Å². The summed E-state index contributed by atoms with van der Waals surface area (Å²) in [6, 6.07) is 0. The fraction of sp³-hybridized carbons (Fsp3) is 0.739. The number of allylic oxidation sites excluding steroid dienone is 3. The second-order valence-electron chi connectivity index (χ2n) is 9.08. The van der Waals surface area contributed by atoms with Crippen LogP contribution in [0.15, 0.2) is 37.0 Å². The molecule has 1 aliphatic carbocycles. The summed E-state index contributed by atoms with van der Waals surface area (Å²) in [5, 5.41) is 0. The Kier molecular flexibility index (Phi) is 7.36. The van der Waals surface area contributed by atoms with Crippen LogP contribution in [0.1, 0.15) is 86.0 Å². The van der Waals surface area contributed by atoms with E-state index in [0.29, 0.717) is 10.8 Å². The molecule has 0 N–H and O–H groups in total. The van der Waals surface area contributed by atoms with Crippen LogP contribution in [0.2, 0.25) is 0 Å². The quantitative estimate of drug-likeness (QED) is 0.232. The molecular formula is C23H40. The molecule has 0 aliphatic heterocycles. The predicted molar refractivity (Wildman–Crippen MR) is 106 cm³/mol. The van der Waals surface area contributed by atoms with E-state index in [1.54, 1.807) is 0 Å². The van der Waals surface area contributed by atoms with E-state index in [1.165, 1.54) is 56.1 Å². The lowest BCUT2D eigenvalue weighted by atomic mass is 9.55. The highest BCUT2D eigenvalue weighted by molar-refractivity contribution is 5.10. The lowest BCUT2D eigenvalue weighted by Gasteiger charge is -2.50. The second-order valence-corrected chi connectivity index (χ2v) is 9.08. The Morgan fingerprint density at radius 1 is 1.09 bits per heavy atom. The molecule has 2 atom stereocenters. The maximum atomic E-state index is 4.23. The molecule has 0 spiro atoms. The third kappa shape index (κ3) is 5.37. The van der Waals surface area contributed by atoms with Crippen molar-refractivity contribution in [3.63, 3.8) is 0 Å². The molecule has 0 aromatic carbocycles. The van der Waals surface area contributed by atoms with Gasteiger partial charge in [-0.25, -0.2) is 0 Å². The van der Waals surface area contributed by atoms with Gasteiger partial charge in [-0.2, -0.15) is 0 Å². The predicted octanol–water partition coefficient (Wildman–Crippen LogP) is 7.72. The monoisotopic (exact) mass is 316 g/mol. The van der Waals surface area contributed by atoms with Gasteiger partial charge in [0, 0.05) is 0 Å². The Labute approximate surface area is 146 Å². The van der Waals surface area contributed by atoms with Gasteiger partial charge in [-0.1, -0.05) is 77.5 Å². The van der Waals surface area contributed by atoms with E-state index in [2.05, 4.69) is 54.4 Å². The Morgan fingerprint density at radius 3 is 2.30 bits per heavy atom. The Morgan fingerprint density at radius 2 is 1.74 bits per heavy atom. The van der Waals surface area contributed by atoms with Gasteiger partial charge < -0.3 is 0 Å². The van der Waals surface area contributed by atoms with Gasteiger partial charge in [-0.05, 0) is 68.1 Å². The third-order valence-electron chi connectivity index (χ3n) is 6.97. The van der Waals surface area contributed by atoms with E-state index < -0.39 is 0 Å². The van der Waals surface area contributed by atoms with Crippen LogP contribution in [0, 0.1) is 22.7 Å². The van der Waals surface area contributed by atoms with Gasteiger partial charge in [0.25, 0.3) is 0 Å². The summed E-state index contributed by atoms with van der Waals surface area (Å²) in [7, 11) is 0. The van der Waals surface area contributed by atoms with Gasteiger partial charge in [0.15, 0.2) is 0 Å². The van der Waals surface area contributed by atoms with Crippen molar-refractivity contribution in [1.29, 1.82) is 0 Å². The minimum Gasteiger partial charge on any atom is -0.0999 e. The molecule has 132 valence electrons. The van der Waals surface area contributed by atoms with Crippen LogP contribution in [-0.4, -0.2) is 0 Å². The van der Waals surface area contributed by atoms with E-state index in [1.807, 2.05) is 6.08 Å². The summed E-state index contributed by atoms with van der Waals surface area (Å²) < 4.78 is 0.